The lowest BCUT2D eigenvalue weighted by Crippen LogP contribution is -2.08. The number of nitrogens with zero attached hydrogens (tertiary/aromatic N) is 2. The van der Waals surface area contributed by atoms with E-state index in [0.29, 0.717) is 11.7 Å². The van der Waals surface area contributed by atoms with E-state index < -0.39 is 6.09 Å². The first-order valence-electron chi connectivity index (χ1n) is 7.55. The molecular formula is C18H15N3O2. The monoisotopic (exact) mass is 305 g/mol. The average molecular weight is 305 g/mol. The third-order valence-corrected chi connectivity index (χ3v) is 4.14. The first kappa shape index (κ1) is 13.7. The van der Waals surface area contributed by atoms with Crippen LogP contribution in [0.1, 0.15) is 24.3 Å². The van der Waals surface area contributed by atoms with Crippen molar-refractivity contribution in [2.45, 2.75) is 18.8 Å². The molecule has 1 aromatic carbocycles. The van der Waals surface area contributed by atoms with Crippen molar-refractivity contribution in [1.29, 1.82) is 0 Å². The average Bonchev–Trinajstić information content (AvgIpc) is 3.39. The fraction of sp³-hybridized carbons (Fsp3) is 0.167. The highest BCUT2D eigenvalue weighted by Crippen LogP contribution is 2.44. The maximum Gasteiger partial charge on any atom is 0.410 e. The predicted octanol–water partition coefficient (Wildman–Crippen LogP) is 4.26. The van der Waals surface area contributed by atoms with E-state index in [9.17, 15) is 4.79 Å². The molecule has 1 saturated carbocycles. The highest BCUT2D eigenvalue weighted by molar-refractivity contribution is 5.91. The number of aromatic nitrogens is 2. The molecule has 4 rings (SSSR count). The van der Waals surface area contributed by atoms with Gasteiger partial charge in [-0.15, -0.1) is 0 Å². The van der Waals surface area contributed by atoms with Gasteiger partial charge in [-0.3, -0.25) is 10.3 Å². The van der Waals surface area contributed by atoms with Gasteiger partial charge < -0.3 is 5.11 Å². The summed E-state index contributed by atoms with van der Waals surface area (Å²) in [7, 11) is 0. The fourth-order valence-electron chi connectivity index (χ4n) is 2.88. The van der Waals surface area contributed by atoms with Crippen LogP contribution in [0.3, 0.4) is 0 Å². The maximum atomic E-state index is 10.7. The Morgan fingerprint density at radius 2 is 2.00 bits per heavy atom. The largest absolute Gasteiger partial charge is 0.465 e. The molecule has 5 nitrogen and oxygen atoms in total. The van der Waals surface area contributed by atoms with E-state index >= 15 is 0 Å². The van der Waals surface area contributed by atoms with E-state index in [-0.39, 0.29) is 0 Å². The van der Waals surface area contributed by atoms with E-state index in [2.05, 4.69) is 33.5 Å². The van der Waals surface area contributed by atoms with Crippen molar-refractivity contribution in [1.82, 2.24) is 9.97 Å². The van der Waals surface area contributed by atoms with Crippen molar-refractivity contribution in [3.05, 3.63) is 54.5 Å². The molecule has 1 fully saturated rings. The minimum atomic E-state index is -1.11. The Kier molecular flexibility index (Phi) is 3.19. The second-order valence-corrected chi connectivity index (χ2v) is 5.80. The lowest BCUT2D eigenvalue weighted by atomic mass is 9.97. The number of pyridine rings is 2. The molecule has 1 amide bonds. The smallest absolute Gasteiger partial charge is 0.410 e. The summed E-state index contributed by atoms with van der Waals surface area (Å²) in [5.74, 6) is 0.988. The van der Waals surface area contributed by atoms with E-state index in [4.69, 9.17) is 5.11 Å². The number of benzene rings is 1. The first-order chi connectivity index (χ1) is 11.2. The Labute approximate surface area is 133 Å². The van der Waals surface area contributed by atoms with Crippen LogP contribution in [0.25, 0.3) is 21.9 Å². The summed E-state index contributed by atoms with van der Waals surface area (Å²) >= 11 is 0. The summed E-state index contributed by atoms with van der Waals surface area (Å²) in [6, 6.07) is 9.96. The summed E-state index contributed by atoms with van der Waals surface area (Å²) in [6.45, 7) is 0. The number of nitrogens with one attached hydrogen (secondary N) is 1. The van der Waals surface area contributed by atoms with Gasteiger partial charge in [-0.25, -0.2) is 9.78 Å². The van der Waals surface area contributed by atoms with Crippen molar-refractivity contribution >= 4 is 22.7 Å². The van der Waals surface area contributed by atoms with Gasteiger partial charge in [0, 0.05) is 29.5 Å². The molecule has 114 valence electrons. The molecule has 5 heteroatoms. The molecule has 0 unspecified atom stereocenters. The Morgan fingerprint density at radius 1 is 1.13 bits per heavy atom. The van der Waals surface area contributed by atoms with Crippen LogP contribution < -0.4 is 5.32 Å². The van der Waals surface area contributed by atoms with Gasteiger partial charge in [-0.1, -0.05) is 12.1 Å². The first-order valence-corrected chi connectivity index (χ1v) is 7.55. The molecule has 2 aromatic heterocycles. The molecule has 1 aliphatic carbocycles. The third-order valence-electron chi connectivity index (χ3n) is 4.14. The standard InChI is InChI=1S/C18H15N3O2/c22-18(23)21-17-8-12-3-4-13(7-14(12)9-20-17)16-10-19-6-5-15(16)11-1-2-11/h3-11H,1-2H2,(H,20,21)(H,22,23). The highest BCUT2D eigenvalue weighted by atomic mass is 16.4. The molecule has 0 spiro atoms. The van der Waals surface area contributed by atoms with Crippen LogP contribution in [0.15, 0.2) is 48.9 Å². The topological polar surface area (TPSA) is 75.1 Å². The minimum Gasteiger partial charge on any atom is -0.465 e. The van der Waals surface area contributed by atoms with Crippen molar-refractivity contribution in [3.63, 3.8) is 0 Å². The van der Waals surface area contributed by atoms with Gasteiger partial charge in [0.25, 0.3) is 0 Å². The number of amides is 1. The van der Waals surface area contributed by atoms with Gasteiger partial charge in [0.15, 0.2) is 0 Å². The van der Waals surface area contributed by atoms with Crippen LogP contribution in [0, 0.1) is 0 Å². The normalized spacial score (nSPS) is 13.9. The zero-order valence-corrected chi connectivity index (χ0v) is 12.4. The van der Waals surface area contributed by atoms with Gasteiger partial charge >= 0.3 is 6.09 Å². The molecule has 2 N–H and O–H groups in total. The second-order valence-electron chi connectivity index (χ2n) is 5.80. The van der Waals surface area contributed by atoms with Crippen molar-refractivity contribution < 1.29 is 9.90 Å². The summed E-state index contributed by atoms with van der Waals surface area (Å²) < 4.78 is 0. The molecule has 0 atom stereocenters. The van der Waals surface area contributed by atoms with E-state index in [0.717, 1.165) is 16.3 Å². The van der Waals surface area contributed by atoms with Gasteiger partial charge in [0.1, 0.15) is 5.82 Å². The summed E-state index contributed by atoms with van der Waals surface area (Å²) in [4.78, 5) is 19.1. The second kappa shape index (κ2) is 5.35. The summed E-state index contributed by atoms with van der Waals surface area (Å²) in [5.41, 5.74) is 3.65. The van der Waals surface area contributed by atoms with Crippen LogP contribution in [-0.2, 0) is 0 Å². The Bertz CT molecular complexity index is 904. The van der Waals surface area contributed by atoms with E-state index in [1.807, 2.05) is 18.5 Å². The minimum absolute atomic E-state index is 0.331. The van der Waals surface area contributed by atoms with Crippen LogP contribution >= 0.6 is 0 Å². The predicted molar refractivity (Wildman–Crippen MR) is 88.6 cm³/mol. The maximum absolute atomic E-state index is 10.7. The zero-order chi connectivity index (χ0) is 15.8. The number of hydrogen-bond acceptors (Lipinski definition) is 3. The van der Waals surface area contributed by atoms with Crippen molar-refractivity contribution in [2.75, 3.05) is 5.32 Å². The van der Waals surface area contributed by atoms with E-state index in [1.54, 1.807) is 12.3 Å². The summed E-state index contributed by atoms with van der Waals surface area (Å²) in [6.07, 6.45) is 6.84. The Hall–Kier alpha value is -2.95. The number of hydrogen-bond donors (Lipinski definition) is 2. The van der Waals surface area contributed by atoms with Crippen LogP contribution in [-0.4, -0.2) is 21.2 Å². The van der Waals surface area contributed by atoms with Gasteiger partial charge in [-0.05, 0) is 53.5 Å². The van der Waals surface area contributed by atoms with Crippen molar-refractivity contribution in [3.8, 4) is 11.1 Å². The molecule has 0 aliphatic heterocycles. The van der Waals surface area contributed by atoms with E-state index in [1.165, 1.54) is 24.0 Å². The molecular weight excluding hydrogens is 290 g/mol. The quantitative estimate of drug-likeness (QED) is 0.758. The summed E-state index contributed by atoms with van der Waals surface area (Å²) in [5, 5.41) is 13.0. The number of rotatable bonds is 3. The van der Waals surface area contributed by atoms with Gasteiger partial charge in [-0.2, -0.15) is 0 Å². The third kappa shape index (κ3) is 2.73. The fourth-order valence-corrected chi connectivity index (χ4v) is 2.88. The van der Waals surface area contributed by atoms with Crippen LogP contribution in [0.2, 0.25) is 0 Å². The molecule has 23 heavy (non-hydrogen) atoms. The van der Waals surface area contributed by atoms with Crippen molar-refractivity contribution in [2.24, 2.45) is 0 Å². The SMILES string of the molecule is O=C(O)Nc1cc2ccc(-c3cnccc3C3CC3)cc2cn1. The highest BCUT2D eigenvalue weighted by Gasteiger charge is 2.26. The lowest BCUT2D eigenvalue weighted by Gasteiger charge is -2.09. The molecule has 2 heterocycles. The van der Waals surface area contributed by atoms with Gasteiger partial charge in [0.2, 0.25) is 0 Å². The van der Waals surface area contributed by atoms with Crippen LogP contribution in [0.5, 0.6) is 0 Å². The molecule has 1 aliphatic rings. The molecule has 3 aromatic rings. The Morgan fingerprint density at radius 3 is 2.78 bits per heavy atom. The molecule has 0 radical (unpaired) electrons. The van der Waals surface area contributed by atoms with Gasteiger partial charge in [0.05, 0.1) is 0 Å². The van der Waals surface area contributed by atoms with Crippen LogP contribution in [0.4, 0.5) is 10.6 Å². The zero-order valence-electron chi connectivity index (χ0n) is 12.4. The number of carbonyl (C=O) groups is 1. The molecule has 0 bridgehead atoms. The number of fused-ring (bicyclic) bond motifs is 1. The number of carboxylic acid groups (broad SMARTS) is 1. The lowest BCUT2D eigenvalue weighted by molar-refractivity contribution is 0.209. The number of anilines is 1. The molecule has 0 saturated heterocycles. The Balaban J connectivity index is 1.76.